The summed E-state index contributed by atoms with van der Waals surface area (Å²) in [6.45, 7) is 2.78. The van der Waals surface area contributed by atoms with Crippen LogP contribution in [0.25, 0.3) is 0 Å². The highest BCUT2D eigenvalue weighted by atomic mass is 19.3. The Hall–Kier alpha value is -1.06. The normalized spacial score (nSPS) is 10.8. The van der Waals surface area contributed by atoms with Gasteiger partial charge in [0.15, 0.2) is 0 Å². The molecule has 0 aliphatic rings. The quantitative estimate of drug-likeness (QED) is 0.598. The summed E-state index contributed by atoms with van der Waals surface area (Å²) in [7, 11) is 0. The number of aryl methyl sites for hydroxylation is 1. The van der Waals surface area contributed by atoms with Crippen molar-refractivity contribution >= 4 is 0 Å². The van der Waals surface area contributed by atoms with E-state index in [2.05, 4.69) is 4.98 Å². The summed E-state index contributed by atoms with van der Waals surface area (Å²) in [6.07, 6.45) is -2.64. The molecule has 1 aromatic heterocycles. The molecule has 12 heavy (non-hydrogen) atoms. The lowest BCUT2D eigenvalue weighted by molar-refractivity contribution is 0.149. The van der Waals surface area contributed by atoms with Gasteiger partial charge in [0, 0.05) is 16.8 Å². The summed E-state index contributed by atoms with van der Waals surface area (Å²) >= 11 is 0. The van der Waals surface area contributed by atoms with Crippen molar-refractivity contribution in [3.63, 3.8) is 0 Å². The molecule has 1 nitrogen and oxygen atoms in total. The maximum absolute atomic E-state index is 12.8. The second-order valence-corrected chi connectivity index (χ2v) is 2.57. The summed E-state index contributed by atoms with van der Waals surface area (Å²) in [5, 5.41) is 0. The maximum Gasteiger partial charge on any atom is 0.264 e. The fraction of sp³-hybridized carbons (Fsp3) is 0.375. The predicted octanol–water partition coefficient (Wildman–Crippen LogP) is 2.78. The minimum atomic E-state index is -2.64. The molecule has 1 aromatic rings. The largest absolute Gasteiger partial charge is 0.264 e. The topological polar surface area (TPSA) is 12.9 Å². The summed E-state index contributed by atoms with van der Waals surface area (Å²) in [5.74, 6) is -0.815. The number of halogens is 3. The summed E-state index contributed by atoms with van der Waals surface area (Å²) in [6, 6.07) is 1.20. The molecule has 0 atom stereocenters. The van der Waals surface area contributed by atoms with E-state index < -0.39 is 12.4 Å². The number of pyridine rings is 1. The molecule has 0 N–H and O–H groups in total. The van der Waals surface area contributed by atoms with Gasteiger partial charge in [0.25, 0.3) is 6.43 Å². The molecule has 0 aliphatic heterocycles. The third kappa shape index (κ3) is 1.57. The number of aromatic nitrogens is 1. The number of hydrogen-bond donors (Lipinski definition) is 0. The third-order valence-electron chi connectivity index (χ3n) is 1.62. The lowest BCUT2D eigenvalue weighted by atomic mass is 10.1. The van der Waals surface area contributed by atoms with Crippen LogP contribution in [0.4, 0.5) is 13.2 Å². The Morgan fingerprint density at radius 2 is 1.92 bits per heavy atom. The second kappa shape index (κ2) is 3.13. The molecule has 0 saturated heterocycles. The van der Waals surface area contributed by atoms with E-state index in [0.29, 0.717) is 0 Å². The lowest BCUT2D eigenvalue weighted by Gasteiger charge is -2.05. The van der Waals surface area contributed by atoms with Crippen LogP contribution in [0, 0.1) is 19.8 Å². The van der Waals surface area contributed by atoms with Crippen molar-refractivity contribution in [2.24, 2.45) is 0 Å². The third-order valence-corrected chi connectivity index (χ3v) is 1.62. The molecule has 0 aromatic carbocycles. The number of nitrogens with zero attached hydrogens (tertiary/aromatic N) is 1. The van der Waals surface area contributed by atoms with Crippen molar-refractivity contribution in [3.8, 4) is 0 Å². The molecule has 0 spiro atoms. The van der Waals surface area contributed by atoms with Crippen LogP contribution >= 0.6 is 0 Å². The van der Waals surface area contributed by atoms with Crippen molar-refractivity contribution in [3.05, 3.63) is 28.8 Å². The maximum atomic E-state index is 12.8. The molecule has 0 saturated carbocycles. The molecule has 66 valence electrons. The zero-order valence-electron chi connectivity index (χ0n) is 6.74. The highest BCUT2D eigenvalue weighted by molar-refractivity contribution is 5.27. The smallest absolute Gasteiger partial charge is 0.225 e. The van der Waals surface area contributed by atoms with Gasteiger partial charge >= 0.3 is 0 Å². The zero-order valence-corrected chi connectivity index (χ0v) is 6.74. The Balaban J connectivity index is 3.28. The van der Waals surface area contributed by atoms with E-state index in [0.717, 1.165) is 0 Å². The first-order chi connectivity index (χ1) is 5.52. The Kier molecular flexibility index (Phi) is 2.35. The molecule has 0 amide bonds. The molecular formula is C8H8F3N. The Morgan fingerprint density at radius 3 is 2.42 bits per heavy atom. The minimum Gasteiger partial charge on any atom is -0.225 e. The van der Waals surface area contributed by atoms with Gasteiger partial charge in [-0.15, -0.1) is 0 Å². The van der Waals surface area contributed by atoms with Crippen LogP contribution in [0.1, 0.15) is 23.2 Å². The van der Waals surface area contributed by atoms with Crippen LogP contribution in [0.3, 0.4) is 0 Å². The number of rotatable bonds is 1. The van der Waals surface area contributed by atoms with Gasteiger partial charge in [-0.2, -0.15) is 4.39 Å². The standard InChI is InChI=1S/C8H8F3N/c1-4-3-6(7(9)10)5(2)8(11)12-4/h3,7H,1-2H3. The van der Waals surface area contributed by atoms with Crippen LogP contribution in [0.2, 0.25) is 0 Å². The summed E-state index contributed by atoms with van der Waals surface area (Å²) < 4.78 is 37.1. The molecule has 4 heteroatoms. The van der Waals surface area contributed by atoms with E-state index in [1.807, 2.05) is 0 Å². The highest BCUT2D eigenvalue weighted by Crippen LogP contribution is 2.23. The van der Waals surface area contributed by atoms with Gasteiger partial charge in [-0.3, -0.25) is 0 Å². The van der Waals surface area contributed by atoms with Gasteiger partial charge in [-0.1, -0.05) is 0 Å². The Morgan fingerprint density at radius 1 is 1.33 bits per heavy atom. The lowest BCUT2D eigenvalue weighted by Crippen LogP contribution is -1.98. The average Bonchev–Trinajstić information content (AvgIpc) is 1.96. The SMILES string of the molecule is Cc1cc(C(F)F)c(C)c(F)n1. The predicted molar refractivity (Wildman–Crippen MR) is 38.6 cm³/mol. The zero-order chi connectivity index (χ0) is 9.30. The Bertz CT molecular complexity index is 297. The van der Waals surface area contributed by atoms with Crippen LogP contribution in [-0.4, -0.2) is 4.98 Å². The van der Waals surface area contributed by atoms with Crippen molar-refractivity contribution < 1.29 is 13.2 Å². The molecule has 0 fully saturated rings. The van der Waals surface area contributed by atoms with Gasteiger partial charge in [0.2, 0.25) is 5.95 Å². The fourth-order valence-corrected chi connectivity index (χ4v) is 0.950. The van der Waals surface area contributed by atoms with Crippen molar-refractivity contribution in [1.29, 1.82) is 0 Å². The van der Waals surface area contributed by atoms with Gasteiger partial charge < -0.3 is 0 Å². The molecule has 1 heterocycles. The van der Waals surface area contributed by atoms with Gasteiger partial charge in [0.05, 0.1) is 0 Å². The Labute approximate surface area is 68.2 Å². The van der Waals surface area contributed by atoms with Crippen LogP contribution in [0.5, 0.6) is 0 Å². The van der Waals surface area contributed by atoms with E-state index >= 15 is 0 Å². The fourth-order valence-electron chi connectivity index (χ4n) is 0.950. The monoisotopic (exact) mass is 175 g/mol. The highest BCUT2D eigenvalue weighted by Gasteiger charge is 2.14. The van der Waals surface area contributed by atoms with E-state index in [4.69, 9.17) is 0 Å². The first-order valence-corrected chi connectivity index (χ1v) is 3.44. The van der Waals surface area contributed by atoms with Crippen LogP contribution in [0.15, 0.2) is 6.07 Å². The molecular weight excluding hydrogens is 167 g/mol. The number of hydrogen-bond acceptors (Lipinski definition) is 1. The number of alkyl halides is 2. The molecule has 0 aliphatic carbocycles. The molecule has 0 unspecified atom stereocenters. The summed E-state index contributed by atoms with van der Waals surface area (Å²) in [4.78, 5) is 3.42. The van der Waals surface area contributed by atoms with Gasteiger partial charge in [0.1, 0.15) is 0 Å². The van der Waals surface area contributed by atoms with Crippen molar-refractivity contribution in [2.45, 2.75) is 20.3 Å². The van der Waals surface area contributed by atoms with E-state index in [-0.39, 0.29) is 16.8 Å². The molecule has 1 rings (SSSR count). The van der Waals surface area contributed by atoms with Crippen molar-refractivity contribution in [1.82, 2.24) is 4.98 Å². The van der Waals surface area contributed by atoms with Crippen LogP contribution < -0.4 is 0 Å². The van der Waals surface area contributed by atoms with Gasteiger partial charge in [-0.25, -0.2) is 13.8 Å². The van der Waals surface area contributed by atoms with E-state index in [9.17, 15) is 13.2 Å². The summed E-state index contributed by atoms with van der Waals surface area (Å²) in [5.41, 5.74) is -0.0796. The van der Waals surface area contributed by atoms with Gasteiger partial charge in [-0.05, 0) is 19.9 Å². The minimum absolute atomic E-state index is 0.0735. The average molecular weight is 175 g/mol. The molecule has 0 bridgehead atoms. The van der Waals surface area contributed by atoms with Crippen LogP contribution in [-0.2, 0) is 0 Å². The van der Waals surface area contributed by atoms with E-state index in [1.54, 1.807) is 0 Å². The first kappa shape index (κ1) is 9.03. The first-order valence-electron chi connectivity index (χ1n) is 3.44. The van der Waals surface area contributed by atoms with E-state index in [1.165, 1.54) is 19.9 Å². The second-order valence-electron chi connectivity index (χ2n) is 2.57. The van der Waals surface area contributed by atoms with Crippen molar-refractivity contribution in [2.75, 3.05) is 0 Å². The molecule has 0 radical (unpaired) electrons.